The second-order valence-corrected chi connectivity index (χ2v) is 6.05. The van der Waals surface area contributed by atoms with Gasteiger partial charge in [0.15, 0.2) is 5.78 Å². The summed E-state index contributed by atoms with van der Waals surface area (Å²) >= 11 is 0. The van der Waals surface area contributed by atoms with Crippen molar-refractivity contribution in [1.29, 1.82) is 0 Å². The first-order valence-corrected chi connectivity index (χ1v) is 7.21. The fraction of sp³-hybridized carbons (Fsp3) is 0.588. The average Bonchev–Trinajstić information content (AvgIpc) is 2.37. The molecule has 106 valence electrons. The van der Waals surface area contributed by atoms with E-state index in [1.54, 1.807) is 0 Å². The van der Waals surface area contributed by atoms with Gasteiger partial charge in [-0.3, -0.25) is 4.79 Å². The standard InChI is InChI=1S/C17H27NO/c1-13(2)11-15(4)18(5)12-14(3)17(19)16-9-7-6-8-10-16/h6-10,13-15H,11-12H2,1-5H3. The number of nitrogens with zero attached hydrogens (tertiary/aromatic N) is 1. The van der Waals surface area contributed by atoms with E-state index in [2.05, 4.69) is 32.7 Å². The van der Waals surface area contributed by atoms with E-state index in [1.165, 1.54) is 6.42 Å². The van der Waals surface area contributed by atoms with Crippen LogP contribution in [-0.2, 0) is 0 Å². The van der Waals surface area contributed by atoms with Crippen LogP contribution in [-0.4, -0.2) is 30.3 Å². The van der Waals surface area contributed by atoms with E-state index in [0.29, 0.717) is 12.0 Å². The van der Waals surface area contributed by atoms with Crippen molar-refractivity contribution in [3.63, 3.8) is 0 Å². The summed E-state index contributed by atoms with van der Waals surface area (Å²) in [5.41, 5.74) is 0.819. The van der Waals surface area contributed by atoms with Gasteiger partial charge >= 0.3 is 0 Å². The first-order valence-electron chi connectivity index (χ1n) is 7.21. The molecule has 0 N–H and O–H groups in total. The molecule has 0 aromatic heterocycles. The lowest BCUT2D eigenvalue weighted by molar-refractivity contribution is 0.0885. The number of rotatable bonds is 7. The van der Waals surface area contributed by atoms with Gasteiger partial charge in [-0.15, -0.1) is 0 Å². The van der Waals surface area contributed by atoms with Crippen molar-refractivity contribution >= 4 is 5.78 Å². The molecule has 2 atom stereocenters. The van der Waals surface area contributed by atoms with Crippen LogP contribution in [0.3, 0.4) is 0 Å². The SMILES string of the molecule is CC(C)CC(C)N(C)CC(C)C(=O)c1ccccc1. The quantitative estimate of drug-likeness (QED) is 0.694. The molecule has 2 heteroatoms. The molecule has 2 nitrogen and oxygen atoms in total. The fourth-order valence-electron chi connectivity index (χ4n) is 2.44. The summed E-state index contributed by atoms with van der Waals surface area (Å²) in [6.45, 7) is 9.56. The van der Waals surface area contributed by atoms with Gasteiger partial charge in [-0.05, 0) is 26.3 Å². The van der Waals surface area contributed by atoms with E-state index in [4.69, 9.17) is 0 Å². The average molecular weight is 261 g/mol. The first-order chi connectivity index (χ1) is 8.91. The Hall–Kier alpha value is -1.15. The van der Waals surface area contributed by atoms with Crippen molar-refractivity contribution in [2.24, 2.45) is 11.8 Å². The van der Waals surface area contributed by atoms with Crippen LogP contribution in [0.25, 0.3) is 0 Å². The third-order valence-corrected chi connectivity index (χ3v) is 3.63. The van der Waals surface area contributed by atoms with Crippen LogP contribution < -0.4 is 0 Å². The molecule has 0 saturated heterocycles. The zero-order valence-electron chi connectivity index (χ0n) is 12.9. The van der Waals surface area contributed by atoms with Crippen LogP contribution in [0.1, 0.15) is 44.5 Å². The van der Waals surface area contributed by atoms with Crippen molar-refractivity contribution in [3.8, 4) is 0 Å². The summed E-state index contributed by atoms with van der Waals surface area (Å²) in [6.07, 6.45) is 1.17. The minimum Gasteiger partial charge on any atom is -0.303 e. The minimum atomic E-state index is 0.0435. The highest BCUT2D eigenvalue weighted by Gasteiger charge is 2.19. The number of hydrogen-bond acceptors (Lipinski definition) is 2. The zero-order chi connectivity index (χ0) is 14.4. The summed E-state index contributed by atoms with van der Waals surface area (Å²) < 4.78 is 0. The van der Waals surface area contributed by atoms with Gasteiger partial charge in [0, 0.05) is 24.1 Å². The molecule has 0 aliphatic rings. The molecule has 0 saturated carbocycles. The third kappa shape index (κ3) is 5.15. The zero-order valence-corrected chi connectivity index (χ0v) is 12.9. The van der Waals surface area contributed by atoms with E-state index in [0.717, 1.165) is 12.1 Å². The Morgan fingerprint density at radius 3 is 2.21 bits per heavy atom. The van der Waals surface area contributed by atoms with Crippen LogP contribution in [0.4, 0.5) is 0 Å². The van der Waals surface area contributed by atoms with Crippen molar-refractivity contribution in [1.82, 2.24) is 4.90 Å². The first kappa shape index (κ1) is 15.9. The number of hydrogen-bond donors (Lipinski definition) is 0. The number of carbonyl (C=O) groups excluding carboxylic acids is 1. The van der Waals surface area contributed by atoms with E-state index >= 15 is 0 Å². The maximum atomic E-state index is 12.3. The Morgan fingerprint density at radius 1 is 1.11 bits per heavy atom. The topological polar surface area (TPSA) is 20.3 Å². The Labute approximate surface area is 117 Å². The molecule has 0 aliphatic carbocycles. The Morgan fingerprint density at radius 2 is 1.68 bits per heavy atom. The molecule has 0 radical (unpaired) electrons. The van der Waals surface area contributed by atoms with E-state index in [-0.39, 0.29) is 11.7 Å². The summed E-state index contributed by atoms with van der Waals surface area (Å²) in [5.74, 6) is 0.976. The molecule has 0 fully saturated rings. The van der Waals surface area contributed by atoms with Gasteiger partial charge in [-0.1, -0.05) is 51.1 Å². The highest BCUT2D eigenvalue weighted by atomic mass is 16.1. The molecular weight excluding hydrogens is 234 g/mol. The molecular formula is C17H27NO. The van der Waals surface area contributed by atoms with Crippen LogP contribution in [0.15, 0.2) is 30.3 Å². The Kier molecular flexibility index (Phi) is 6.23. The summed E-state index contributed by atoms with van der Waals surface area (Å²) in [4.78, 5) is 14.6. The van der Waals surface area contributed by atoms with Crippen molar-refractivity contribution < 1.29 is 4.79 Å². The van der Waals surface area contributed by atoms with E-state index in [1.807, 2.05) is 37.3 Å². The molecule has 1 rings (SSSR count). The molecule has 0 spiro atoms. The lowest BCUT2D eigenvalue weighted by Gasteiger charge is -2.28. The molecule has 0 bridgehead atoms. The number of ketones is 1. The summed E-state index contributed by atoms with van der Waals surface area (Å²) in [6, 6.07) is 10.1. The molecule has 0 heterocycles. The molecule has 2 unspecified atom stereocenters. The second kappa shape index (κ2) is 7.44. The lowest BCUT2D eigenvalue weighted by Crippen LogP contribution is -2.36. The molecule has 0 amide bonds. The van der Waals surface area contributed by atoms with Crippen LogP contribution in [0.5, 0.6) is 0 Å². The Balaban J connectivity index is 2.55. The van der Waals surface area contributed by atoms with Crippen LogP contribution in [0, 0.1) is 11.8 Å². The number of Topliss-reactive ketones (excluding diaryl/α,β-unsaturated/α-hetero) is 1. The van der Waals surface area contributed by atoms with Gasteiger partial charge in [-0.2, -0.15) is 0 Å². The predicted molar refractivity (Wildman–Crippen MR) is 81.5 cm³/mol. The Bertz CT molecular complexity index is 386. The largest absolute Gasteiger partial charge is 0.303 e. The number of carbonyl (C=O) groups is 1. The van der Waals surface area contributed by atoms with Crippen LogP contribution >= 0.6 is 0 Å². The third-order valence-electron chi connectivity index (χ3n) is 3.63. The fourth-order valence-corrected chi connectivity index (χ4v) is 2.44. The van der Waals surface area contributed by atoms with Crippen molar-refractivity contribution in [3.05, 3.63) is 35.9 Å². The molecule has 1 aromatic carbocycles. The van der Waals surface area contributed by atoms with Gasteiger partial charge in [0.1, 0.15) is 0 Å². The van der Waals surface area contributed by atoms with E-state index in [9.17, 15) is 4.79 Å². The smallest absolute Gasteiger partial charge is 0.166 e. The maximum absolute atomic E-state index is 12.3. The lowest BCUT2D eigenvalue weighted by atomic mass is 9.97. The van der Waals surface area contributed by atoms with Gasteiger partial charge in [-0.25, -0.2) is 0 Å². The number of benzene rings is 1. The van der Waals surface area contributed by atoms with Crippen LogP contribution in [0.2, 0.25) is 0 Å². The monoisotopic (exact) mass is 261 g/mol. The van der Waals surface area contributed by atoms with Crippen molar-refractivity contribution in [2.45, 2.75) is 40.2 Å². The van der Waals surface area contributed by atoms with Gasteiger partial charge < -0.3 is 4.90 Å². The molecule has 1 aromatic rings. The van der Waals surface area contributed by atoms with Crippen molar-refractivity contribution in [2.75, 3.05) is 13.6 Å². The molecule has 0 aliphatic heterocycles. The second-order valence-electron chi connectivity index (χ2n) is 6.05. The van der Waals surface area contributed by atoms with Gasteiger partial charge in [0.25, 0.3) is 0 Å². The highest BCUT2D eigenvalue weighted by molar-refractivity contribution is 5.97. The predicted octanol–water partition coefficient (Wildman–Crippen LogP) is 3.87. The van der Waals surface area contributed by atoms with E-state index < -0.39 is 0 Å². The summed E-state index contributed by atoms with van der Waals surface area (Å²) in [5, 5.41) is 0. The van der Waals surface area contributed by atoms with Gasteiger partial charge in [0.2, 0.25) is 0 Å². The molecule has 19 heavy (non-hydrogen) atoms. The summed E-state index contributed by atoms with van der Waals surface area (Å²) in [7, 11) is 2.11. The maximum Gasteiger partial charge on any atom is 0.166 e. The normalized spacial score (nSPS) is 14.7. The minimum absolute atomic E-state index is 0.0435. The highest BCUT2D eigenvalue weighted by Crippen LogP contribution is 2.14. The van der Waals surface area contributed by atoms with Gasteiger partial charge in [0.05, 0.1) is 0 Å².